The van der Waals surface area contributed by atoms with Crippen LogP contribution < -0.4 is 4.74 Å². The quantitative estimate of drug-likeness (QED) is 0.389. The van der Waals surface area contributed by atoms with E-state index in [4.69, 9.17) is 14.2 Å². The third-order valence-electron chi connectivity index (χ3n) is 3.86. The van der Waals surface area contributed by atoms with Gasteiger partial charge < -0.3 is 19.1 Å². The van der Waals surface area contributed by atoms with Crippen LogP contribution in [0.5, 0.6) is 5.75 Å². The van der Waals surface area contributed by atoms with Gasteiger partial charge in [-0.3, -0.25) is 9.59 Å². The minimum Gasteiger partial charge on any atom is -0.494 e. The molecule has 0 aliphatic rings. The highest BCUT2D eigenvalue weighted by molar-refractivity contribution is 5.79. The number of ether oxygens (including phenoxy) is 3. The van der Waals surface area contributed by atoms with Crippen LogP contribution in [0, 0.1) is 0 Å². The van der Waals surface area contributed by atoms with Crippen molar-refractivity contribution in [1.82, 2.24) is 4.90 Å². The predicted octanol–water partition coefficient (Wildman–Crippen LogP) is 3.22. The van der Waals surface area contributed by atoms with Crippen LogP contribution in [0.1, 0.15) is 46.1 Å². The molecular formula is C21H33NO5. The van der Waals surface area contributed by atoms with Gasteiger partial charge in [0.05, 0.1) is 32.2 Å². The Kier molecular flexibility index (Phi) is 11.2. The van der Waals surface area contributed by atoms with Gasteiger partial charge in [0, 0.05) is 19.7 Å². The fourth-order valence-corrected chi connectivity index (χ4v) is 2.55. The molecule has 0 radical (unpaired) electrons. The Balaban J connectivity index is 2.61. The molecular weight excluding hydrogens is 346 g/mol. The number of esters is 1. The van der Waals surface area contributed by atoms with Gasteiger partial charge in [-0.15, -0.1) is 0 Å². The van der Waals surface area contributed by atoms with Crippen molar-refractivity contribution in [3.05, 3.63) is 29.8 Å². The van der Waals surface area contributed by atoms with Crippen molar-refractivity contribution in [1.29, 1.82) is 0 Å². The zero-order chi connectivity index (χ0) is 20.1. The monoisotopic (exact) mass is 379 g/mol. The van der Waals surface area contributed by atoms with Crippen LogP contribution in [0.25, 0.3) is 0 Å². The Morgan fingerprint density at radius 3 is 2.33 bits per heavy atom. The van der Waals surface area contributed by atoms with E-state index in [9.17, 15) is 9.59 Å². The summed E-state index contributed by atoms with van der Waals surface area (Å²) >= 11 is 0. The summed E-state index contributed by atoms with van der Waals surface area (Å²) in [4.78, 5) is 26.1. The second kappa shape index (κ2) is 13.1. The van der Waals surface area contributed by atoms with E-state index in [1.165, 1.54) is 0 Å². The van der Waals surface area contributed by atoms with E-state index in [-0.39, 0.29) is 24.4 Å². The fraction of sp³-hybridized carbons (Fsp3) is 0.619. The van der Waals surface area contributed by atoms with Crippen molar-refractivity contribution >= 4 is 11.9 Å². The van der Waals surface area contributed by atoms with Crippen molar-refractivity contribution in [2.24, 2.45) is 0 Å². The molecule has 152 valence electrons. The summed E-state index contributed by atoms with van der Waals surface area (Å²) in [5.74, 6) is 0.501. The molecule has 0 saturated carbocycles. The molecule has 0 aliphatic heterocycles. The fourth-order valence-electron chi connectivity index (χ4n) is 2.55. The van der Waals surface area contributed by atoms with Gasteiger partial charge in [-0.1, -0.05) is 12.1 Å². The van der Waals surface area contributed by atoms with Crippen molar-refractivity contribution in [3.63, 3.8) is 0 Å². The molecule has 0 N–H and O–H groups in total. The molecule has 1 aromatic rings. The number of carbonyl (C=O) groups excluding carboxylic acids is 2. The maximum atomic E-state index is 12.7. The van der Waals surface area contributed by atoms with Gasteiger partial charge in [-0.2, -0.15) is 0 Å². The number of hydrogen-bond donors (Lipinski definition) is 0. The van der Waals surface area contributed by atoms with Gasteiger partial charge in [0.1, 0.15) is 5.75 Å². The summed E-state index contributed by atoms with van der Waals surface area (Å²) < 4.78 is 15.9. The molecule has 6 nitrogen and oxygen atoms in total. The lowest BCUT2D eigenvalue weighted by Gasteiger charge is -2.23. The second-order valence-electron chi connectivity index (χ2n) is 6.46. The van der Waals surface area contributed by atoms with E-state index in [0.717, 1.165) is 17.7 Å². The highest BCUT2D eigenvalue weighted by Gasteiger charge is 2.16. The van der Waals surface area contributed by atoms with Gasteiger partial charge >= 0.3 is 5.97 Å². The zero-order valence-corrected chi connectivity index (χ0v) is 17.0. The van der Waals surface area contributed by atoms with Crippen LogP contribution in [0.15, 0.2) is 24.3 Å². The van der Waals surface area contributed by atoms with Crippen LogP contribution in [0.3, 0.4) is 0 Å². The lowest BCUT2D eigenvalue weighted by Crippen LogP contribution is -2.35. The molecule has 0 saturated heterocycles. The Morgan fingerprint density at radius 2 is 1.74 bits per heavy atom. The molecule has 27 heavy (non-hydrogen) atoms. The predicted molar refractivity (Wildman–Crippen MR) is 105 cm³/mol. The highest BCUT2D eigenvalue weighted by Crippen LogP contribution is 2.13. The Labute approximate surface area is 162 Å². The van der Waals surface area contributed by atoms with Gasteiger partial charge in [0.2, 0.25) is 5.91 Å². The maximum absolute atomic E-state index is 12.7. The Hall–Kier alpha value is -2.08. The Bertz CT molecular complexity index is 556. The van der Waals surface area contributed by atoms with Crippen molar-refractivity contribution in [2.45, 2.75) is 53.1 Å². The molecule has 0 heterocycles. The maximum Gasteiger partial charge on any atom is 0.307 e. The topological polar surface area (TPSA) is 65.1 Å². The van der Waals surface area contributed by atoms with Crippen LogP contribution >= 0.6 is 0 Å². The van der Waals surface area contributed by atoms with Crippen molar-refractivity contribution in [3.8, 4) is 5.75 Å². The molecule has 0 spiro atoms. The molecule has 1 aromatic carbocycles. The lowest BCUT2D eigenvalue weighted by molar-refractivity contribution is -0.144. The van der Waals surface area contributed by atoms with E-state index in [2.05, 4.69) is 0 Å². The van der Waals surface area contributed by atoms with Crippen LogP contribution in [-0.2, 0) is 25.5 Å². The molecule has 0 bridgehead atoms. The molecule has 6 heteroatoms. The number of rotatable bonds is 13. The minimum absolute atomic E-state index is 0.00648. The summed E-state index contributed by atoms with van der Waals surface area (Å²) in [6.45, 7) is 10.1. The smallest absolute Gasteiger partial charge is 0.307 e. The molecule has 0 fully saturated rings. The molecule has 1 rings (SSSR count). The summed E-state index contributed by atoms with van der Waals surface area (Å²) in [6, 6.07) is 7.53. The zero-order valence-electron chi connectivity index (χ0n) is 17.0. The molecule has 1 amide bonds. The van der Waals surface area contributed by atoms with E-state index in [0.29, 0.717) is 39.3 Å². The molecule has 0 aromatic heterocycles. The largest absolute Gasteiger partial charge is 0.494 e. The first-order valence-electron chi connectivity index (χ1n) is 9.73. The average Bonchev–Trinajstić information content (AvgIpc) is 2.63. The van der Waals surface area contributed by atoms with Gasteiger partial charge in [-0.05, 0) is 51.8 Å². The third-order valence-corrected chi connectivity index (χ3v) is 3.86. The van der Waals surface area contributed by atoms with Crippen LogP contribution in [-0.4, -0.2) is 55.8 Å². The Morgan fingerprint density at radius 1 is 1.04 bits per heavy atom. The van der Waals surface area contributed by atoms with E-state index in [1.807, 2.05) is 45.0 Å². The second-order valence-corrected chi connectivity index (χ2v) is 6.46. The summed E-state index contributed by atoms with van der Waals surface area (Å²) in [6.07, 6.45) is 1.39. The van der Waals surface area contributed by atoms with E-state index >= 15 is 0 Å². The highest BCUT2D eigenvalue weighted by atomic mass is 16.5. The molecule has 0 aliphatic carbocycles. The van der Waals surface area contributed by atoms with Gasteiger partial charge in [-0.25, -0.2) is 0 Å². The van der Waals surface area contributed by atoms with E-state index in [1.54, 1.807) is 11.8 Å². The number of benzene rings is 1. The van der Waals surface area contributed by atoms with Gasteiger partial charge in [0.25, 0.3) is 0 Å². The standard InChI is InChI=1S/C21H33NO5/c1-5-25-19-10-8-18(9-11-19)16-20(23)22(13-7-15-27-17(3)4)14-12-21(24)26-6-2/h8-11,17H,5-7,12-16H2,1-4H3. The van der Waals surface area contributed by atoms with Crippen molar-refractivity contribution in [2.75, 3.05) is 32.9 Å². The SMILES string of the molecule is CCOC(=O)CCN(CCCOC(C)C)C(=O)Cc1ccc(OCC)cc1. The normalized spacial score (nSPS) is 10.7. The number of amides is 1. The summed E-state index contributed by atoms with van der Waals surface area (Å²) in [5.41, 5.74) is 0.919. The van der Waals surface area contributed by atoms with Gasteiger partial charge in [0.15, 0.2) is 0 Å². The average molecular weight is 379 g/mol. The number of nitrogens with zero attached hydrogens (tertiary/aromatic N) is 1. The third kappa shape index (κ3) is 9.99. The first kappa shape index (κ1) is 23.0. The summed E-state index contributed by atoms with van der Waals surface area (Å²) in [7, 11) is 0. The first-order valence-corrected chi connectivity index (χ1v) is 9.73. The summed E-state index contributed by atoms with van der Waals surface area (Å²) in [5, 5.41) is 0. The minimum atomic E-state index is -0.283. The number of hydrogen-bond acceptors (Lipinski definition) is 5. The lowest BCUT2D eigenvalue weighted by atomic mass is 10.1. The first-order chi connectivity index (χ1) is 13.0. The van der Waals surface area contributed by atoms with E-state index < -0.39 is 0 Å². The van der Waals surface area contributed by atoms with Crippen molar-refractivity contribution < 1.29 is 23.8 Å². The molecule has 0 unspecified atom stereocenters. The number of carbonyl (C=O) groups is 2. The molecule has 0 atom stereocenters. The van der Waals surface area contributed by atoms with Crippen LogP contribution in [0.4, 0.5) is 0 Å². The van der Waals surface area contributed by atoms with Crippen LogP contribution in [0.2, 0.25) is 0 Å².